The fourth-order valence-electron chi connectivity index (χ4n) is 2.27. The summed E-state index contributed by atoms with van der Waals surface area (Å²) in [5, 5.41) is 0. The van der Waals surface area contributed by atoms with E-state index in [2.05, 4.69) is 9.46 Å². The van der Waals surface area contributed by atoms with Crippen LogP contribution >= 0.6 is 11.8 Å². The van der Waals surface area contributed by atoms with Gasteiger partial charge in [0.15, 0.2) is 0 Å². The molecule has 0 radical (unpaired) electrons. The maximum absolute atomic E-state index is 12.5. The Hall–Kier alpha value is -2.04. The topological polar surface area (TPSA) is 72.5 Å². The monoisotopic (exact) mass is 433 g/mol. The number of alkyl halides is 3. The number of hydrogen-bond acceptors (Lipinski definition) is 5. The minimum atomic E-state index is -4.39. The number of benzene rings is 2. The number of carbonyl (C=O) groups is 1. The van der Waals surface area contributed by atoms with Crippen LogP contribution in [-0.2, 0) is 20.9 Å². The molecule has 0 spiro atoms. The summed E-state index contributed by atoms with van der Waals surface area (Å²) >= 11 is 1.22. The lowest BCUT2D eigenvalue weighted by Crippen LogP contribution is -2.26. The number of thioether (sulfide) groups is 1. The molecule has 0 heterocycles. The third-order valence-corrected chi connectivity index (χ3v) is 6.24. The Morgan fingerprint density at radius 3 is 2.36 bits per heavy atom. The number of methoxy groups -OCH3 is 1. The minimum absolute atomic E-state index is 0.0649. The van der Waals surface area contributed by atoms with Crippen molar-refractivity contribution in [1.82, 2.24) is 4.72 Å². The lowest BCUT2D eigenvalue weighted by Gasteiger charge is -2.10. The second-order valence-corrected chi connectivity index (χ2v) is 8.67. The molecule has 2 rings (SSSR count). The summed E-state index contributed by atoms with van der Waals surface area (Å²) in [6, 6.07) is 8.77. The third-order valence-electron chi connectivity index (χ3n) is 3.77. The van der Waals surface area contributed by atoms with Crippen molar-refractivity contribution in [1.29, 1.82) is 0 Å². The summed E-state index contributed by atoms with van der Waals surface area (Å²) < 4.78 is 69.4. The predicted octanol–water partition coefficient (Wildman–Crippen LogP) is 3.87. The van der Waals surface area contributed by atoms with Crippen molar-refractivity contribution in [2.75, 3.05) is 19.4 Å². The van der Waals surface area contributed by atoms with E-state index in [1.165, 1.54) is 49.2 Å². The fraction of sp³-hybridized carbons (Fsp3) is 0.278. The molecule has 0 atom stereocenters. The maximum Gasteiger partial charge on any atom is 0.416 e. The lowest BCUT2D eigenvalue weighted by atomic mass is 10.1. The van der Waals surface area contributed by atoms with Crippen LogP contribution in [0.3, 0.4) is 0 Å². The van der Waals surface area contributed by atoms with E-state index >= 15 is 0 Å². The van der Waals surface area contributed by atoms with Gasteiger partial charge in [-0.05, 0) is 48.9 Å². The van der Waals surface area contributed by atoms with Crippen molar-refractivity contribution in [2.24, 2.45) is 0 Å². The third kappa shape index (κ3) is 5.73. The van der Waals surface area contributed by atoms with Gasteiger partial charge in [0, 0.05) is 17.2 Å². The first-order valence-electron chi connectivity index (χ1n) is 8.03. The summed E-state index contributed by atoms with van der Waals surface area (Å²) in [5.74, 6) is -0.312. The molecule has 28 heavy (non-hydrogen) atoms. The number of carbonyl (C=O) groups excluding carboxylic acids is 1. The number of halogens is 3. The first kappa shape index (κ1) is 22.3. The number of nitrogens with one attached hydrogen (secondary N) is 1. The summed E-state index contributed by atoms with van der Waals surface area (Å²) in [4.78, 5) is 12.2. The molecule has 0 bridgehead atoms. The zero-order valence-electron chi connectivity index (χ0n) is 15.0. The first-order valence-corrected chi connectivity index (χ1v) is 10.5. The molecule has 0 aromatic heterocycles. The lowest BCUT2D eigenvalue weighted by molar-refractivity contribution is -0.137. The molecule has 0 saturated heterocycles. The number of ether oxygens (including phenoxy) is 1. The van der Waals surface area contributed by atoms with Crippen LogP contribution < -0.4 is 4.72 Å². The minimum Gasteiger partial charge on any atom is -0.465 e. The van der Waals surface area contributed by atoms with Crippen molar-refractivity contribution in [3.63, 3.8) is 0 Å². The number of aryl methyl sites for hydroxylation is 1. The van der Waals surface area contributed by atoms with Crippen LogP contribution in [0.15, 0.2) is 52.3 Å². The normalized spacial score (nSPS) is 12.0. The zero-order valence-corrected chi connectivity index (χ0v) is 16.7. The van der Waals surface area contributed by atoms with Gasteiger partial charge in [0.1, 0.15) is 0 Å². The first-order chi connectivity index (χ1) is 13.0. The highest BCUT2D eigenvalue weighted by molar-refractivity contribution is 7.99. The highest BCUT2D eigenvalue weighted by Crippen LogP contribution is 2.30. The average Bonchev–Trinajstić information content (AvgIpc) is 2.64. The van der Waals surface area contributed by atoms with E-state index in [4.69, 9.17) is 0 Å². The van der Waals surface area contributed by atoms with Gasteiger partial charge < -0.3 is 4.74 Å². The van der Waals surface area contributed by atoms with E-state index in [0.717, 1.165) is 12.1 Å². The molecule has 5 nitrogen and oxygen atoms in total. The standard InChI is InChI=1S/C18H18F3NO4S2/c1-12-3-8-15(11-16(12)17(23)26-2)28(24,25)22-9-10-27-14-6-4-13(5-7-14)18(19,20)21/h3-8,11,22H,9-10H2,1-2H3. The Bertz CT molecular complexity index is 942. The molecule has 0 fully saturated rings. The number of sulfonamides is 1. The molecule has 2 aromatic rings. The van der Waals surface area contributed by atoms with Gasteiger partial charge in [-0.25, -0.2) is 17.9 Å². The van der Waals surface area contributed by atoms with Gasteiger partial charge in [-0.1, -0.05) is 6.07 Å². The molecule has 0 aliphatic carbocycles. The summed E-state index contributed by atoms with van der Waals surface area (Å²) in [6.07, 6.45) is -4.39. The van der Waals surface area contributed by atoms with Crippen LogP contribution in [0.5, 0.6) is 0 Å². The van der Waals surface area contributed by atoms with Gasteiger partial charge in [0.2, 0.25) is 10.0 Å². The average molecular weight is 433 g/mol. The van der Waals surface area contributed by atoms with E-state index < -0.39 is 27.7 Å². The molecule has 152 valence electrons. The van der Waals surface area contributed by atoms with Crippen LogP contribution in [0.4, 0.5) is 13.2 Å². The van der Waals surface area contributed by atoms with Crippen molar-refractivity contribution >= 4 is 27.8 Å². The van der Waals surface area contributed by atoms with Gasteiger partial charge in [0.25, 0.3) is 0 Å². The molecule has 0 saturated carbocycles. The molecule has 2 aromatic carbocycles. The van der Waals surface area contributed by atoms with Gasteiger partial charge in [0.05, 0.1) is 23.1 Å². The second-order valence-electron chi connectivity index (χ2n) is 5.74. The predicted molar refractivity (Wildman–Crippen MR) is 99.9 cm³/mol. The van der Waals surface area contributed by atoms with Crippen LogP contribution in [0.2, 0.25) is 0 Å². The number of hydrogen-bond donors (Lipinski definition) is 1. The Kier molecular flexibility index (Phi) is 7.13. The Labute approximate surface area is 165 Å². The second kappa shape index (κ2) is 8.97. The molecular formula is C18H18F3NO4S2. The molecular weight excluding hydrogens is 415 g/mol. The van der Waals surface area contributed by atoms with Crippen LogP contribution in [0.1, 0.15) is 21.5 Å². The van der Waals surface area contributed by atoms with Crippen molar-refractivity contribution in [2.45, 2.75) is 22.9 Å². The van der Waals surface area contributed by atoms with Gasteiger partial charge in [-0.3, -0.25) is 0 Å². The largest absolute Gasteiger partial charge is 0.465 e. The Morgan fingerprint density at radius 2 is 1.79 bits per heavy atom. The van der Waals surface area contributed by atoms with E-state index in [9.17, 15) is 26.4 Å². The number of rotatable bonds is 7. The molecule has 0 aliphatic rings. The molecule has 10 heteroatoms. The highest BCUT2D eigenvalue weighted by Gasteiger charge is 2.29. The summed E-state index contributed by atoms with van der Waals surface area (Å²) in [5.41, 5.74) is 0.00602. The van der Waals surface area contributed by atoms with Crippen molar-refractivity contribution in [3.8, 4) is 0 Å². The van der Waals surface area contributed by atoms with Crippen molar-refractivity contribution < 1.29 is 31.1 Å². The summed E-state index contributed by atoms with van der Waals surface area (Å²) in [6.45, 7) is 1.73. The smallest absolute Gasteiger partial charge is 0.416 e. The van der Waals surface area contributed by atoms with E-state index in [0.29, 0.717) is 16.2 Å². The summed E-state index contributed by atoms with van der Waals surface area (Å²) in [7, 11) is -2.63. The SMILES string of the molecule is COC(=O)c1cc(S(=O)(=O)NCCSc2ccc(C(F)(F)F)cc2)ccc1C. The van der Waals surface area contributed by atoms with E-state index in [1.54, 1.807) is 6.92 Å². The van der Waals surface area contributed by atoms with E-state index in [-0.39, 0.29) is 17.0 Å². The zero-order chi connectivity index (χ0) is 20.9. The molecule has 0 amide bonds. The highest BCUT2D eigenvalue weighted by atomic mass is 32.2. The Balaban J connectivity index is 1.96. The van der Waals surface area contributed by atoms with Crippen LogP contribution in [-0.4, -0.2) is 33.8 Å². The Morgan fingerprint density at radius 1 is 1.14 bits per heavy atom. The van der Waals surface area contributed by atoms with Crippen LogP contribution in [0, 0.1) is 6.92 Å². The fourth-order valence-corrected chi connectivity index (χ4v) is 4.22. The maximum atomic E-state index is 12.5. The van der Waals surface area contributed by atoms with Crippen LogP contribution in [0.25, 0.3) is 0 Å². The quantitative estimate of drug-likeness (QED) is 0.408. The molecule has 0 unspecified atom stereocenters. The van der Waals surface area contributed by atoms with E-state index in [1.807, 2.05) is 0 Å². The van der Waals surface area contributed by atoms with Crippen molar-refractivity contribution in [3.05, 3.63) is 59.2 Å². The molecule has 0 aliphatic heterocycles. The van der Waals surface area contributed by atoms with Gasteiger partial charge in [-0.2, -0.15) is 13.2 Å². The number of esters is 1. The molecule has 1 N–H and O–H groups in total. The van der Waals surface area contributed by atoms with Gasteiger partial charge in [-0.15, -0.1) is 11.8 Å². The van der Waals surface area contributed by atoms with Gasteiger partial charge >= 0.3 is 12.1 Å².